The quantitative estimate of drug-likeness (QED) is 0.912. The van der Waals surface area contributed by atoms with Gasteiger partial charge in [-0.2, -0.15) is 0 Å². The van der Waals surface area contributed by atoms with Crippen molar-refractivity contribution in [2.75, 3.05) is 6.61 Å². The number of amides is 1. The number of aromatic amines is 1. The van der Waals surface area contributed by atoms with E-state index in [1.54, 1.807) is 11.3 Å². The van der Waals surface area contributed by atoms with Crippen LogP contribution in [0.5, 0.6) is 0 Å². The summed E-state index contributed by atoms with van der Waals surface area (Å²) in [7, 11) is 0. The summed E-state index contributed by atoms with van der Waals surface area (Å²) in [6.07, 6.45) is 4.03. The summed E-state index contributed by atoms with van der Waals surface area (Å²) in [6.45, 7) is 4.75. The number of ether oxygens (including phenoxy) is 1. The molecule has 1 fully saturated rings. The van der Waals surface area contributed by atoms with Gasteiger partial charge in [-0.05, 0) is 32.8 Å². The average Bonchev–Trinajstić information content (AvgIpc) is 3.19. The molecule has 0 saturated carbocycles. The maximum Gasteiger partial charge on any atom is 0.268 e. The minimum Gasteiger partial charge on any atom is -0.376 e. The highest BCUT2D eigenvalue weighted by Gasteiger charge is 2.24. The smallest absolute Gasteiger partial charge is 0.268 e. The van der Waals surface area contributed by atoms with Crippen LogP contribution in [0.3, 0.4) is 0 Å². The molecule has 112 valence electrons. The molecule has 2 aromatic rings. The summed E-state index contributed by atoms with van der Waals surface area (Å²) >= 11 is 1.60. The number of nitrogens with one attached hydrogen (secondary N) is 2. The van der Waals surface area contributed by atoms with Gasteiger partial charge in [0.05, 0.1) is 22.8 Å². The highest BCUT2D eigenvalue weighted by molar-refractivity contribution is 7.09. The van der Waals surface area contributed by atoms with Crippen LogP contribution in [0.25, 0.3) is 11.3 Å². The van der Waals surface area contributed by atoms with E-state index in [2.05, 4.69) is 15.3 Å². The zero-order valence-corrected chi connectivity index (χ0v) is 13.0. The van der Waals surface area contributed by atoms with Crippen LogP contribution in [0.2, 0.25) is 0 Å². The second-order valence-corrected chi connectivity index (χ2v) is 6.43. The van der Waals surface area contributed by atoms with Crippen LogP contribution in [0.4, 0.5) is 0 Å². The van der Waals surface area contributed by atoms with Crippen molar-refractivity contribution < 1.29 is 9.53 Å². The molecule has 2 N–H and O–H groups in total. The Labute approximate surface area is 127 Å². The molecular formula is C15H19N3O2S. The molecular weight excluding hydrogens is 286 g/mol. The number of carbonyl (C=O) groups is 1. The molecule has 0 aromatic carbocycles. The molecule has 21 heavy (non-hydrogen) atoms. The lowest BCUT2D eigenvalue weighted by Gasteiger charge is -2.19. The van der Waals surface area contributed by atoms with Gasteiger partial charge in [-0.1, -0.05) is 0 Å². The van der Waals surface area contributed by atoms with E-state index >= 15 is 0 Å². The highest BCUT2D eigenvalue weighted by atomic mass is 32.1. The molecule has 2 atom stereocenters. The fourth-order valence-corrected chi connectivity index (χ4v) is 3.17. The first-order chi connectivity index (χ1) is 10.1. The largest absolute Gasteiger partial charge is 0.376 e. The molecule has 1 saturated heterocycles. The lowest BCUT2D eigenvalue weighted by Crippen LogP contribution is -2.40. The van der Waals surface area contributed by atoms with Crippen molar-refractivity contribution in [2.24, 2.45) is 0 Å². The SMILES string of the molecule is Cc1nc(-c2c[nH]c(C(=O)N[C@H](C)[C@@H]3CCCO3)c2)cs1. The number of hydrogen-bond acceptors (Lipinski definition) is 4. The van der Waals surface area contributed by atoms with Crippen molar-refractivity contribution >= 4 is 17.2 Å². The Balaban J connectivity index is 1.66. The van der Waals surface area contributed by atoms with Crippen LogP contribution >= 0.6 is 11.3 Å². The summed E-state index contributed by atoms with van der Waals surface area (Å²) in [5.41, 5.74) is 2.40. The Hall–Kier alpha value is -1.66. The number of nitrogens with zero attached hydrogens (tertiary/aromatic N) is 1. The molecule has 3 heterocycles. The van der Waals surface area contributed by atoms with Gasteiger partial charge in [-0.25, -0.2) is 4.98 Å². The third kappa shape index (κ3) is 3.16. The van der Waals surface area contributed by atoms with Gasteiger partial charge < -0.3 is 15.0 Å². The molecule has 1 amide bonds. The maximum atomic E-state index is 12.2. The molecule has 0 aliphatic carbocycles. The van der Waals surface area contributed by atoms with Gasteiger partial charge in [0.1, 0.15) is 5.69 Å². The van der Waals surface area contributed by atoms with Crippen LogP contribution in [-0.4, -0.2) is 34.6 Å². The summed E-state index contributed by atoms with van der Waals surface area (Å²) in [5, 5.41) is 6.01. The maximum absolute atomic E-state index is 12.2. The minimum absolute atomic E-state index is 0.0215. The van der Waals surface area contributed by atoms with E-state index in [1.807, 2.05) is 31.5 Å². The van der Waals surface area contributed by atoms with Gasteiger partial charge in [0, 0.05) is 23.7 Å². The van der Waals surface area contributed by atoms with Crippen LogP contribution in [-0.2, 0) is 4.74 Å². The van der Waals surface area contributed by atoms with E-state index in [0.717, 1.165) is 35.7 Å². The van der Waals surface area contributed by atoms with Crippen molar-refractivity contribution in [3.8, 4) is 11.3 Å². The number of H-pyrrole nitrogens is 1. The number of aryl methyl sites for hydroxylation is 1. The highest BCUT2D eigenvalue weighted by Crippen LogP contribution is 2.22. The Bertz CT molecular complexity index is 628. The van der Waals surface area contributed by atoms with E-state index in [1.165, 1.54) is 0 Å². The average molecular weight is 305 g/mol. The van der Waals surface area contributed by atoms with E-state index in [9.17, 15) is 4.79 Å². The second kappa shape index (κ2) is 5.99. The lowest BCUT2D eigenvalue weighted by molar-refractivity contribution is 0.0710. The molecule has 2 aromatic heterocycles. The van der Waals surface area contributed by atoms with E-state index in [-0.39, 0.29) is 18.1 Å². The summed E-state index contributed by atoms with van der Waals surface area (Å²) in [5.74, 6) is -0.101. The number of carbonyl (C=O) groups excluding carboxylic acids is 1. The van der Waals surface area contributed by atoms with Gasteiger partial charge >= 0.3 is 0 Å². The number of thiazole rings is 1. The molecule has 6 heteroatoms. The third-order valence-corrected chi connectivity index (χ3v) is 4.50. The number of hydrogen-bond donors (Lipinski definition) is 2. The van der Waals surface area contributed by atoms with Gasteiger partial charge in [0.2, 0.25) is 0 Å². The molecule has 3 rings (SSSR count). The Morgan fingerprint density at radius 1 is 1.62 bits per heavy atom. The Kier molecular flexibility index (Phi) is 4.07. The molecule has 1 aliphatic rings. The summed E-state index contributed by atoms with van der Waals surface area (Å²) < 4.78 is 5.60. The van der Waals surface area contributed by atoms with Gasteiger partial charge in [0.25, 0.3) is 5.91 Å². The van der Waals surface area contributed by atoms with Crippen molar-refractivity contribution in [1.82, 2.24) is 15.3 Å². The second-order valence-electron chi connectivity index (χ2n) is 5.37. The first-order valence-corrected chi connectivity index (χ1v) is 8.05. The van der Waals surface area contributed by atoms with E-state index in [4.69, 9.17) is 4.74 Å². The number of aromatic nitrogens is 2. The predicted molar refractivity (Wildman–Crippen MR) is 82.5 cm³/mol. The van der Waals surface area contributed by atoms with Crippen LogP contribution in [0.15, 0.2) is 17.6 Å². The zero-order valence-electron chi connectivity index (χ0n) is 12.2. The van der Waals surface area contributed by atoms with Crippen molar-refractivity contribution in [2.45, 2.75) is 38.8 Å². The van der Waals surface area contributed by atoms with Crippen molar-refractivity contribution in [3.05, 3.63) is 28.3 Å². The monoisotopic (exact) mass is 305 g/mol. The Morgan fingerprint density at radius 3 is 3.14 bits per heavy atom. The van der Waals surface area contributed by atoms with Gasteiger partial charge in [-0.3, -0.25) is 4.79 Å². The van der Waals surface area contributed by atoms with Gasteiger partial charge in [0.15, 0.2) is 0 Å². The number of rotatable bonds is 4. The van der Waals surface area contributed by atoms with E-state index < -0.39 is 0 Å². The zero-order chi connectivity index (χ0) is 14.8. The fraction of sp³-hybridized carbons (Fsp3) is 0.467. The van der Waals surface area contributed by atoms with Crippen molar-refractivity contribution in [1.29, 1.82) is 0 Å². The molecule has 5 nitrogen and oxygen atoms in total. The standard InChI is InChI=1S/C15H19N3O2S/c1-9(14-4-3-5-20-14)17-15(19)12-6-11(7-16-12)13-8-21-10(2)18-13/h6-9,14,16H,3-5H2,1-2H3,(H,17,19)/t9-,14+/m1/s1. The Morgan fingerprint density at radius 2 is 2.48 bits per heavy atom. The molecule has 0 spiro atoms. The minimum atomic E-state index is -0.101. The normalized spacial score (nSPS) is 19.6. The first-order valence-electron chi connectivity index (χ1n) is 7.17. The molecule has 0 unspecified atom stereocenters. The third-order valence-electron chi connectivity index (χ3n) is 3.72. The summed E-state index contributed by atoms with van der Waals surface area (Å²) in [6, 6.07) is 1.86. The fourth-order valence-electron chi connectivity index (χ4n) is 2.54. The first kappa shape index (κ1) is 14.3. The van der Waals surface area contributed by atoms with E-state index in [0.29, 0.717) is 5.69 Å². The molecule has 0 radical (unpaired) electrons. The van der Waals surface area contributed by atoms with Crippen molar-refractivity contribution in [3.63, 3.8) is 0 Å². The molecule has 1 aliphatic heterocycles. The van der Waals surface area contributed by atoms with Gasteiger partial charge in [-0.15, -0.1) is 11.3 Å². The van der Waals surface area contributed by atoms with Crippen LogP contribution in [0, 0.1) is 6.92 Å². The lowest BCUT2D eigenvalue weighted by atomic mass is 10.1. The summed E-state index contributed by atoms with van der Waals surface area (Å²) in [4.78, 5) is 19.7. The van der Waals surface area contributed by atoms with Crippen LogP contribution < -0.4 is 5.32 Å². The topological polar surface area (TPSA) is 67.0 Å². The van der Waals surface area contributed by atoms with Crippen LogP contribution in [0.1, 0.15) is 35.3 Å². The molecule has 0 bridgehead atoms. The predicted octanol–water partition coefficient (Wildman–Crippen LogP) is 2.74.